The molecule has 5 nitrogen and oxygen atoms in total. The highest BCUT2D eigenvalue weighted by Crippen LogP contribution is 2.43. The second kappa shape index (κ2) is 9.02. The van der Waals surface area contributed by atoms with Gasteiger partial charge in [0.25, 0.3) is 5.91 Å². The van der Waals surface area contributed by atoms with Gasteiger partial charge in [-0.1, -0.05) is 42.5 Å². The molecule has 158 valence electrons. The quantitative estimate of drug-likeness (QED) is 0.626. The van der Waals surface area contributed by atoms with Crippen LogP contribution in [0, 0.1) is 5.92 Å². The van der Waals surface area contributed by atoms with Gasteiger partial charge in [0, 0.05) is 32.1 Å². The third kappa shape index (κ3) is 3.87. The first kappa shape index (κ1) is 20.6. The number of hydrogen-bond acceptors (Lipinski definition) is 4. The van der Waals surface area contributed by atoms with Gasteiger partial charge in [-0.15, -0.1) is 0 Å². The average molecular weight is 408 g/mol. The SMILES string of the molecule is CCO[C@@H]1OC(C(=O)NC)=C[C@H](c2ccc3c(c2)Cc2ccccc2-3)[C@@H]1CCCO. The highest BCUT2D eigenvalue weighted by molar-refractivity contribution is 5.91. The fraction of sp³-hybridized carbons (Fsp3) is 0.400. The molecule has 0 radical (unpaired) electrons. The van der Waals surface area contributed by atoms with Crippen LogP contribution in [0.15, 0.2) is 54.3 Å². The van der Waals surface area contributed by atoms with E-state index >= 15 is 0 Å². The monoisotopic (exact) mass is 407 g/mol. The van der Waals surface area contributed by atoms with Gasteiger partial charge in [0.1, 0.15) is 0 Å². The normalized spacial score (nSPS) is 22.0. The zero-order valence-electron chi connectivity index (χ0n) is 17.6. The van der Waals surface area contributed by atoms with Crippen LogP contribution < -0.4 is 5.32 Å². The van der Waals surface area contributed by atoms with E-state index in [2.05, 4.69) is 47.8 Å². The van der Waals surface area contributed by atoms with Crippen molar-refractivity contribution in [2.45, 2.75) is 38.4 Å². The molecule has 2 aliphatic rings. The van der Waals surface area contributed by atoms with Crippen LogP contribution in [0.2, 0.25) is 0 Å². The summed E-state index contributed by atoms with van der Waals surface area (Å²) < 4.78 is 11.8. The molecule has 0 spiro atoms. The number of ether oxygens (including phenoxy) is 2. The van der Waals surface area contributed by atoms with Crippen LogP contribution in [0.1, 0.15) is 42.4 Å². The Morgan fingerprint density at radius 3 is 2.77 bits per heavy atom. The molecular formula is C25H29NO4. The van der Waals surface area contributed by atoms with Gasteiger partial charge in [-0.2, -0.15) is 0 Å². The number of fused-ring (bicyclic) bond motifs is 3. The number of benzene rings is 2. The highest BCUT2D eigenvalue weighted by atomic mass is 16.7. The minimum Gasteiger partial charge on any atom is -0.459 e. The lowest BCUT2D eigenvalue weighted by molar-refractivity contribution is -0.166. The van der Waals surface area contributed by atoms with E-state index in [1.165, 1.54) is 22.3 Å². The van der Waals surface area contributed by atoms with Gasteiger partial charge in [-0.05, 0) is 60.1 Å². The summed E-state index contributed by atoms with van der Waals surface area (Å²) in [6, 6.07) is 15.1. The molecule has 1 heterocycles. The van der Waals surface area contributed by atoms with Gasteiger partial charge in [-0.3, -0.25) is 4.79 Å². The van der Waals surface area contributed by atoms with Crippen molar-refractivity contribution in [1.29, 1.82) is 0 Å². The van der Waals surface area contributed by atoms with E-state index in [4.69, 9.17) is 9.47 Å². The lowest BCUT2D eigenvalue weighted by atomic mass is 9.80. The predicted molar refractivity (Wildman–Crippen MR) is 116 cm³/mol. The number of carbonyl (C=O) groups excluding carboxylic acids is 1. The molecule has 0 saturated heterocycles. The van der Waals surface area contributed by atoms with E-state index in [9.17, 15) is 9.90 Å². The van der Waals surface area contributed by atoms with Gasteiger partial charge in [-0.25, -0.2) is 0 Å². The molecule has 5 heteroatoms. The van der Waals surface area contributed by atoms with Crippen molar-refractivity contribution in [2.75, 3.05) is 20.3 Å². The molecule has 0 bridgehead atoms. The van der Waals surface area contributed by atoms with Crippen LogP contribution in [-0.2, 0) is 20.7 Å². The molecule has 1 aliphatic heterocycles. The Morgan fingerprint density at radius 1 is 1.20 bits per heavy atom. The lowest BCUT2D eigenvalue weighted by Crippen LogP contribution is -2.38. The van der Waals surface area contributed by atoms with Crippen LogP contribution >= 0.6 is 0 Å². The summed E-state index contributed by atoms with van der Waals surface area (Å²) >= 11 is 0. The third-order valence-electron chi connectivity index (χ3n) is 6.06. The summed E-state index contributed by atoms with van der Waals surface area (Å²) in [6.07, 6.45) is 3.73. The summed E-state index contributed by atoms with van der Waals surface area (Å²) in [7, 11) is 1.60. The molecule has 1 amide bonds. The van der Waals surface area contributed by atoms with Crippen molar-refractivity contribution in [3.63, 3.8) is 0 Å². The van der Waals surface area contributed by atoms with Crippen LogP contribution in [0.4, 0.5) is 0 Å². The fourth-order valence-electron chi connectivity index (χ4n) is 4.64. The van der Waals surface area contributed by atoms with Gasteiger partial charge in [0.05, 0.1) is 0 Å². The van der Waals surface area contributed by atoms with Crippen molar-refractivity contribution < 1.29 is 19.4 Å². The standard InChI is InChI=1S/C25H29NO4/c1-3-29-25-21(9-6-12-27)22(15-23(30-25)24(28)26-2)17-10-11-20-18(14-17)13-16-7-4-5-8-19(16)20/h4-5,7-8,10-11,14-15,21-22,25,27H,3,6,9,12-13H2,1-2H3,(H,26,28)/t21-,22+,25+/m0/s1. The molecule has 4 rings (SSSR count). The number of amides is 1. The number of allylic oxidation sites excluding steroid dienone is 1. The Kier molecular flexibility index (Phi) is 6.21. The minimum absolute atomic E-state index is 0.0207. The first-order chi connectivity index (χ1) is 14.7. The van der Waals surface area contributed by atoms with E-state index in [-0.39, 0.29) is 24.3 Å². The largest absolute Gasteiger partial charge is 0.459 e. The van der Waals surface area contributed by atoms with E-state index in [1.807, 2.05) is 13.0 Å². The van der Waals surface area contributed by atoms with Gasteiger partial charge < -0.3 is 19.9 Å². The van der Waals surface area contributed by atoms with E-state index in [1.54, 1.807) is 7.05 Å². The molecule has 0 aromatic heterocycles. The topological polar surface area (TPSA) is 67.8 Å². The van der Waals surface area contributed by atoms with Crippen LogP contribution in [0.25, 0.3) is 11.1 Å². The molecule has 2 aromatic carbocycles. The number of rotatable bonds is 7. The molecule has 2 N–H and O–H groups in total. The van der Waals surface area contributed by atoms with E-state index in [0.29, 0.717) is 18.8 Å². The second-order valence-corrected chi connectivity index (χ2v) is 7.86. The summed E-state index contributed by atoms with van der Waals surface area (Å²) in [5.41, 5.74) is 6.40. The maximum atomic E-state index is 12.4. The Morgan fingerprint density at radius 2 is 2.00 bits per heavy atom. The summed E-state index contributed by atoms with van der Waals surface area (Å²) in [6.45, 7) is 2.53. The molecule has 2 aromatic rings. The molecule has 30 heavy (non-hydrogen) atoms. The van der Waals surface area contributed by atoms with Gasteiger partial charge in [0.15, 0.2) is 5.76 Å². The van der Waals surface area contributed by atoms with Crippen molar-refractivity contribution in [3.05, 3.63) is 71.0 Å². The zero-order chi connectivity index (χ0) is 21.1. The Labute approximate surface area is 177 Å². The zero-order valence-corrected chi connectivity index (χ0v) is 17.6. The minimum atomic E-state index is -0.519. The summed E-state index contributed by atoms with van der Waals surface area (Å²) in [5.74, 6) is 0.0411. The molecule has 1 aliphatic carbocycles. The summed E-state index contributed by atoms with van der Waals surface area (Å²) in [4.78, 5) is 12.4. The van der Waals surface area contributed by atoms with Crippen molar-refractivity contribution >= 4 is 5.91 Å². The Balaban J connectivity index is 1.73. The molecular weight excluding hydrogens is 378 g/mol. The number of nitrogens with one attached hydrogen (secondary N) is 1. The molecule has 0 unspecified atom stereocenters. The van der Waals surface area contributed by atoms with E-state index in [0.717, 1.165) is 18.4 Å². The Bertz CT molecular complexity index is 952. The maximum Gasteiger partial charge on any atom is 0.285 e. The number of carbonyl (C=O) groups is 1. The smallest absolute Gasteiger partial charge is 0.285 e. The number of aliphatic hydroxyl groups is 1. The van der Waals surface area contributed by atoms with E-state index < -0.39 is 6.29 Å². The fourth-order valence-corrected chi connectivity index (χ4v) is 4.64. The lowest BCUT2D eigenvalue weighted by Gasteiger charge is -2.37. The highest BCUT2D eigenvalue weighted by Gasteiger charge is 2.38. The maximum absolute atomic E-state index is 12.4. The molecule has 0 fully saturated rings. The average Bonchev–Trinajstić information content (AvgIpc) is 3.15. The van der Waals surface area contributed by atoms with Crippen LogP contribution in [0.3, 0.4) is 0 Å². The first-order valence-corrected chi connectivity index (χ1v) is 10.7. The van der Waals surface area contributed by atoms with Gasteiger partial charge in [0.2, 0.25) is 6.29 Å². The van der Waals surface area contributed by atoms with Gasteiger partial charge >= 0.3 is 0 Å². The summed E-state index contributed by atoms with van der Waals surface area (Å²) in [5, 5.41) is 12.1. The third-order valence-corrected chi connectivity index (χ3v) is 6.06. The number of hydrogen-bond donors (Lipinski definition) is 2. The molecule has 3 atom stereocenters. The van der Waals surface area contributed by atoms with Crippen LogP contribution in [0.5, 0.6) is 0 Å². The predicted octanol–water partition coefficient (Wildman–Crippen LogP) is 3.75. The van der Waals surface area contributed by atoms with Crippen molar-refractivity contribution in [2.24, 2.45) is 5.92 Å². The van der Waals surface area contributed by atoms with Crippen molar-refractivity contribution in [1.82, 2.24) is 5.32 Å². The number of aliphatic hydroxyl groups excluding tert-OH is 1. The van der Waals surface area contributed by atoms with Crippen molar-refractivity contribution in [3.8, 4) is 11.1 Å². The number of likely N-dealkylation sites (N-methyl/N-ethyl adjacent to an activating group) is 1. The first-order valence-electron chi connectivity index (χ1n) is 10.7. The van der Waals surface area contributed by atoms with Crippen LogP contribution in [-0.4, -0.2) is 37.6 Å². The molecule has 0 saturated carbocycles. The Hall–Kier alpha value is -2.63. The second-order valence-electron chi connectivity index (χ2n) is 7.86.